The van der Waals surface area contributed by atoms with E-state index >= 15 is 0 Å². The van der Waals surface area contributed by atoms with Gasteiger partial charge in [0.25, 0.3) is 5.91 Å². The first kappa shape index (κ1) is 17.1. The van der Waals surface area contributed by atoms with Gasteiger partial charge >= 0.3 is 0 Å². The van der Waals surface area contributed by atoms with E-state index in [0.29, 0.717) is 24.2 Å². The second kappa shape index (κ2) is 6.66. The van der Waals surface area contributed by atoms with Gasteiger partial charge in [-0.05, 0) is 55.0 Å². The molecule has 1 aliphatic heterocycles. The van der Waals surface area contributed by atoms with Crippen molar-refractivity contribution in [2.24, 2.45) is 5.14 Å². The SMILES string of the molecule is NS(=O)(=O)c1ccc(NC(=O)c2ccc(N3CCCC3=O)cc2)cc1. The predicted octanol–water partition coefficient (Wildman–Crippen LogP) is 1.71. The maximum atomic E-state index is 12.3. The molecule has 1 aliphatic rings. The van der Waals surface area contributed by atoms with Gasteiger partial charge in [0.1, 0.15) is 0 Å². The van der Waals surface area contributed by atoms with Crippen LogP contribution in [0.15, 0.2) is 53.4 Å². The number of benzene rings is 2. The van der Waals surface area contributed by atoms with Crippen LogP contribution >= 0.6 is 0 Å². The van der Waals surface area contributed by atoms with E-state index in [0.717, 1.165) is 12.1 Å². The average molecular weight is 359 g/mol. The Morgan fingerprint density at radius 1 is 1.04 bits per heavy atom. The molecule has 25 heavy (non-hydrogen) atoms. The Morgan fingerprint density at radius 3 is 2.20 bits per heavy atom. The van der Waals surface area contributed by atoms with Crippen LogP contribution in [0.3, 0.4) is 0 Å². The van der Waals surface area contributed by atoms with Gasteiger partial charge in [-0.25, -0.2) is 13.6 Å². The Morgan fingerprint density at radius 2 is 1.68 bits per heavy atom. The summed E-state index contributed by atoms with van der Waals surface area (Å²) in [5, 5.41) is 7.71. The molecule has 0 saturated carbocycles. The zero-order valence-electron chi connectivity index (χ0n) is 13.3. The number of sulfonamides is 1. The third-order valence-corrected chi connectivity index (χ3v) is 4.88. The lowest BCUT2D eigenvalue weighted by Crippen LogP contribution is -2.23. The largest absolute Gasteiger partial charge is 0.322 e. The van der Waals surface area contributed by atoms with Crippen molar-refractivity contribution in [1.82, 2.24) is 0 Å². The molecule has 2 aromatic rings. The highest BCUT2D eigenvalue weighted by molar-refractivity contribution is 7.89. The van der Waals surface area contributed by atoms with Crippen LogP contribution in [0.4, 0.5) is 11.4 Å². The van der Waals surface area contributed by atoms with E-state index in [1.807, 2.05) is 0 Å². The fraction of sp³-hybridized carbons (Fsp3) is 0.176. The molecule has 8 heteroatoms. The molecule has 0 spiro atoms. The van der Waals surface area contributed by atoms with Crippen molar-refractivity contribution < 1.29 is 18.0 Å². The lowest BCUT2D eigenvalue weighted by atomic mass is 10.1. The van der Waals surface area contributed by atoms with E-state index in [-0.39, 0.29) is 16.7 Å². The standard InChI is InChI=1S/C17H17N3O4S/c18-25(23,24)15-9-5-13(6-10-15)19-17(22)12-3-7-14(8-4-12)20-11-1-2-16(20)21/h3-10H,1-2,11H2,(H,19,22)(H2,18,23,24). The van der Waals surface area contributed by atoms with Gasteiger partial charge in [-0.3, -0.25) is 9.59 Å². The second-order valence-electron chi connectivity index (χ2n) is 5.72. The summed E-state index contributed by atoms with van der Waals surface area (Å²) in [6.45, 7) is 0.695. The molecule has 3 rings (SSSR count). The van der Waals surface area contributed by atoms with Crippen molar-refractivity contribution in [3.63, 3.8) is 0 Å². The van der Waals surface area contributed by atoms with Crippen LogP contribution in [-0.2, 0) is 14.8 Å². The lowest BCUT2D eigenvalue weighted by molar-refractivity contribution is -0.117. The predicted molar refractivity (Wildman–Crippen MR) is 93.8 cm³/mol. The zero-order chi connectivity index (χ0) is 18.0. The van der Waals surface area contributed by atoms with Crippen molar-refractivity contribution >= 4 is 33.2 Å². The number of nitrogens with one attached hydrogen (secondary N) is 1. The zero-order valence-corrected chi connectivity index (χ0v) is 14.1. The summed E-state index contributed by atoms with van der Waals surface area (Å²) in [5.41, 5.74) is 1.67. The van der Waals surface area contributed by atoms with E-state index in [1.165, 1.54) is 24.3 Å². The van der Waals surface area contributed by atoms with Gasteiger partial charge in [0, 0.05) is 29.9 Å². The molecule has 0 bridgehead atoms. The van der Waals surface area contributed by atoms with E-state index in [4.69, 9.17) is 5.14 Å². The van der Waals surface area contributed by atoms with Crippen LogP contribution < -0.4 is 15.4 Å². The number of primary sulfonamides is 1. The highest BCUT2D eigenvalue weighted by Gasteiger charge is 2.21. The molecule has 1 fully saturated rings. The second-order valence-corrected chi connectivity index (χ2v) is 7.28. The van der Waals surface area contributed by atoms with E-state index in [9.17, 15) is 18.0 Å². The molecule has 0 atom stereocenters. The minimum absolute atomic E-state index is 0.0230. The van der Waals surface area contributed by atoms with Gasteiger partial charge in [-0.2, -0.15) is 0 Å². The van der Waals surface area contributed by atoms with Crippen LogP contribution in [-0.4, -0.2) is 26.8 Å². The fourth-order valence-electron chi connectivity index (χ4n) is 2.65. The Hall–Kier alpha value is -2.71. The summed E-state index contributed by atoms with van der Waals surface area (Å²) in [7, 11) is -3.76. The highest BCUT2D eigenvalue weighted by atomic mass is 32.2. The molecule has 2 aromatic carbocycles. The Kier molecular flexibility index (Phi) is 4.56. The summed E-state index contributed by atoms with van der Waals surface area (Å²) in [5.74, 6) is -0.241. The van der Waals surface area contributed by atoms with Crippen LogP contribution in [0, 0.1) is 0 Å². The number of hydrogen-bond acceptors (Lipinski definition) is 4. The van der Waals surface area contributed by atoms with Crippen LogP contribution in [0.2, 0.25) is 0 Å². The number of anilines is 2. The smallest absolute Gasteiger partial charge is 0.255 e. The molecular formula is C17H17N3O4S. The summed E-state index contributed by atoms with van der Waals surface area (Å²) in [4.78, 5) is 25.7. The molecule has 0 radical (unpaired) electrons. The normalized spacial score (nSPS) is 14.6. The van der Waals surface area contributed by atoms with Crippen LogP contribution in [0.25, 0.3) is 0 Å². The molecule has 0 aromatic heterocycles. The van der Waals surface area contributed by atoms with Gasteiger partial charge in [-0.15, -0.1) is 0 Å². The summed E-state index contributed by atoms with van der Waals surface area (Å²) < 4.78 is 22.4. The lowest BCUT2D eigenvalue weighted by Gasteiger charge is -2.15. The van der Waals surface area contributed by atoms with Crippen molar-refractivity contribution in [3.8, 4) is 0 Å². The van der Waals surface area contributed by atoms with Crippen molar-refractivity contribution in [2.75, 3.05) is 16.8 Å². The van der Waals surface area contributed by atoms with Crippen molar-refractivity contribution in [1.29, 1.82) is 0 Å². The van der Waals surface area contributed by atoms with Gasteiger partial charge in [0.15, 0.2) is 0 Å². The number of carbonyl (C=O) groups excluding carboxylic acids is 2. The number of nitrogens with two attached hydrogens (primary N) is 1. The van der Waals surface area contributed by atoms with Crippen LogP contribution in [0.5, 0.6) is 0 Å². The first-order valence-corrected chi connectivity index (χ1v) is 9.24. The first-order chi connectivity index (χ1) is 11.8. The van der Waals surface area contributed by atoms with Crippen LogP contribution in [0.1, 0.15) is 23.2 Å². The molecule has 2 amide bonds. The van der Waals surface area contributed by atoms with Crippen molar-refractivity contribution in [2.45, 2.75) is 17.7 Å². The van der Waals surface area contributed by atoms with E-state index in [2.05, 4.69) is 5.32 Å². The van der Waals surface area contributed by atoms with Crippen molar-refractivity contribution in [3.05, 3.63) is 54.1 Å². The first-order valence-electron chi connectivity index (χ1n) is 7.69. The average Bonchev–Trinajstić information content (AvgIpc) is 3.01. The molecule has 3 N–H and O–H groups in total. The van der Waals surface area contributed by atoms with E-state index < -0.39 is 10.0 Å². The maximum Gasteiger partial charge on any atom is 0.255 e. The maximum absolute atomic E-state index is 12.3. The third-order valence-electron chi connectivity index (χ3n) is 3.96. The molecule has 0 unspecified atom stereocenters. The minimum Gasteiger partial charge on any atom is -0.322 e. The monoisotopic (exact) mass is 359 g/mol. The Balaban J connectivity index is 1.70. The summed E-state index contributed by atoms with van der Waals surface area (Å²) in [6, 6.07) is 12.4. The number of amides is 2. The van der Waals surface area contributed by atoms with Gasteiger partial charge in [0.2, 0.25) is 15.9 Å². The summed E-state index contributed by atoms with van der Waals surface area (Å²) >= 11 is 0. The minimum atomic E-state index is -3.76. The number of carbonyl (C=O) groups is 2. The highest BCUT2D eigenvalue weighted by Crippen LogP contribution is 2.22. The molecule has 7 nitrogen and oxygen atoms in total. The third kappa shape index (κ3) is 3.86. The van der Waals surface area contributed by atoms with Gasteiger partial charge < -0.3 is 10.2 Å². The molecule has 0 aliphatic carbocycles. The quantitative estimate of drug-likeness (QED) is 0.866. The van der Waals surface area contributed by atoms with Gasteiger partial charge in [-0.1, -0.05) is 0 Å². The number of nitrogens with zero attached hydrogens (tertiary/aromatic N) is 1. The summed E-state index contributed by atoms with van der Waals surface area (Å²) in [6.07, 6.45) is 1.40. The topological polar surface area (TPSA) is 110 Å². The molecular weight excluding hydrogens is 342 g/mol. The molecule has 1 heterocycles. The molecule has 1 saturated heterocycles. The number of rotatable bonds is 4. The fourth-order valence-corrected chi connectivity index (χ4v) is 3.16. The van der Waals surface area contributed by atoms with Gasteiger partial charge in [0.05, 0.1) is 4.90 Å². The number of hydrogen-bond donors (Lipinski definition) is 2. The van der Waals surface area contributed by atoms with E-state index in [1.54, 1.807) is 29.2 Å². The Bertz CT molecular complexity index is 906. The molecule has 130 valence electrons. The Labute approximate surface area is 145 Å².